The second kappa shape index (κ2) is 5.84. The Morgan fingerprint density at radius 2 is 1.75 bits per heavy atom. The minimum Gasteiger partial charge on any atom is -0.324 e. The molecule has 0 spiro atoms. The Balaban J connectivity index is 2.35. The molecule has 2 aromatic rings. The van der Waals surface area contributed by atoms with Gasteiger partial charge in [0.2, 0.25) is 5.91 Å². The average molecular weight is 272 g/mol. The summed E-state index contributed by atoms with van der Waals surface area (Å²) in [6.45, 7) is 3.27. The number of nitrogens with two attached hydrogens (primary N) is 1. The SMILES string of the molecule is CC(=O)Nc1cc(-c2ccc([C@@H](C)N)cc2)ccc1F. The molecule has 0 heterocycles. The molecule has 0 aliphatic carbocycles. The summed E-state index contributed by atoms with van der Waals surface area (Å²) in [5.74, 6) is -0.746. The Labute approximate surface area is 117 Å². The number of rotatable bonds is 3. The van der Waals surface area contributed by atoms with Gasteiger partial charge in [0.1, 0.15) is 5.82 Å². The molecule has 20 heavy (non-hydrogen) atoms. The van der Waals surface area contributed by atoms with Gasteiger partial charge in [-0.3, -0.25) is 4.79 Å². The monoisotopic (exact) mass is 272 g/mol. The minimum atomic E-state index is -0.448. The van der Waals surface area contributed by atoms with Gasteiger partial charge in [-0.2, -0.15) is 0 Å². The molecule has 0 saturated heterocycles. The molecule has 1 atom stereocenters. The molecule has 0 aliphatic heterocycles. The molecule has 3 N–H and O–H groups in total. The van der Waals surface area contributed by atoms with Gasteiger partial charge in [0, 0.05) is 13.0 Å². The first-order valence-corrected chi connectivity index (χ1v) is 6.40. The topological polar surface area (TPSA) is 55.1 Å². The van der Waals surface area contributed by atoms with Crippen LogP contribution in [0.1, 0.15) is 25.5 Å². The molecular formula is C16H17FN2O. The summed E-state index contributed by atoms with van der Waals surface area (Å²) in [5.41, 5.74) is 8.81. The van der Waals surface area contributed by atoms with Crippen LogP contribution in [0, 0.1) is 5.82 Å². The van der Waals surface area contributed by atoms with E-state index in [0.717, 1.165) is 16.7 Å². The molecule has 2 rings (SSSR count). The zero-order valence-corrected chi connectivity index (χ0v) is 11.5. The fourth-order valence-corrected chi connectivity index (χ4v) is 1.97. The quantitative estimate of drug-likeness (QED) is 0.898. The number of halogens is 1. The number of nitrogens with one attached hydrogen (secondary N) is 1. The summed E-state index contributed by atoms with van der Waals surface area (Å²) in [7, 11) is 0. The zero-order chi connectivity index (χ0) is 14.7. The number of hydrogen-bond donors (Lipinski definition) is 2. The van der Waals surface area contributed by atoms with E-state index in [9.17, 15) is 9.18 Å². The lowest BCUT2D eigenvalue weighted by atomic mass is 10.0. The standard InChI is InChI=1S/C16H17FN2O/c1-10(18)12-3-5-13(6-4-12)14-7-8-15(17)16(9-14)19-11(2)20/h3-10H,18H2,1-2H3,(H,19,20)/t10-/m1/s1. The number of anilines is 1. The van der Waals surface area contributed by atoms with E-state index in [4.69, 9.17) is 5.73 Å². The summed E-state index contributed by atoms with van der Waals surface area (Å²) in [5, 5.41) is 2.48. The van der Waals surface area contributed by atoms with E-state index < -0.39 is 5.82 Å². The van der Waals surface area contributed by atoms with Gasteiger partial charge in [0.05, 0.1) is 5.69 Å². The van der Waals surface area contributed by atoms with Crippen molar-refractivity contribution >= 4 is 11.6 Å². The maximum Gasteiger partial charge on any atom is 0.221 e. The van der Waals surface area contributed by atoms with Crippen molar-refractivity contribution in [2.75, 3.05) is 5.32 Å². The van der Waals surface area contributed by atoms with Crippen LogP contribution >= 0.6 is 0 Å². The second-order valence-corrected chi connectivity index (χ2v) is 4.79. The molecule has 0 bridgehead atoms. The van der Waals surface area contributed by atoms with Gasteiger partial charge >= 0.3 is 0 Å². The third-order valence-electron chi connectivity index (χ3n) is 3.05. The van der Waals surface area contributed by atoms with Crippen LogP contribution in [0.25, 0.3) is 11.1 Å². The van der Waals surface area contributed by atoms with Crippen molar-refractivity contribution in [3.8, 4) is 11.1 Å². The molecule has 0 aliphatic rings. The Morgan fingerprint density at radius 3 is 2.30 bits per heavy atom. The molecule has 2 aromatic carbocycles. The van der Waals surface area contributed by atoms with E-state index in [1.165, 1.54) is 13.0 Å². The van der Waals surface area contributed by atoms with Gasteiger partial charge in [0.25, 0.3) is 0 Å². The minimum absolute atomic E-state index is 0.0211. The molecular weight excluding hydrogens is 255 g/mol. The van der Waals surface area contributed by atoms with Crippen molar-refractivity contribution < 1.29 is 9.18 Å². The van der Waals surface area contributed by atoms with Crippen LogP contribution in [0.3, 0.4) is 0 Å². The summed E-state index contributed by atoms with van der Waals surface area (Å²) >= 11 is 0. The average Bonchev–Trinajstić information content (AvgIpc) is 2.41. The fraction of sp³-hybridized carbons (Fsp3) is 0.188. The van der Waals surface area contributed by atoms with Gasteiger partial charge in [0.15, 0.2) is 0 Å². The second-order valence-electron chi connectivity index (χ2n) is 4.79. The van der Waals surface area contributed by atoms with E-state index >= 15 is 0 Å². The van der Waals surface area contributed by atoms with Crippen molar-refractivity contribution in [1.82, 2.24) is 0 Å². The van der Waals surface area contributed by atoms with Crippen molar-refractivity contribution in [2.24, 2.45) is 5.73 Å². The predicted octanol–water partition coefficient (Wildman–Crippen LogP) is 3.47. The number of hydrogen-bond acceptors (Lipinski definition) is 2. The van der Waals surface area contributed by atoms with Gasteiger partial charge < -0.3 is 11.1 Å². The van der Waals surface area contributed by atoms with E-state index in [-0.39, 0.29) is 17.6 Å². The maximum absolute atomic E-state index is 13.6. The molecule has 3 nitrogen and oxygen atoms in total. The highest BCUT2D eigenvalue weighted by Gasteiger charge is 2.07. The molecule has 0 radical (unpaired) electrons. The Bertz CT molecular complexity index is 621. The van der Waals surface area contributed by atoms with Gasteiger partial charge in [-0.15, -0.1) is 0 Å². The van der Waals surface area contributed by atoms with Crippen molar-refractivity contribution in [3.63, 3.8) is 0 Å². The summed E-state index contributed by atoms with van der Waals surface area (Å²) in [6.07, 6.45) is 0. The zero-order valence-electron chi connectivity index (χ0n) is 11.5. The predicted molar refractivity (Wildman–Crippen MR) is 78.7 cm³/mol. The van der Waals surface area contributed by atoms with E-state index in [2.05, 4.69) is 5.32 Å². The summed E-state index contributed by atoms with van der Waals surface area (Å²) in [6, 6.07) is 12.4. The smallest absolute Gasteiger partial charge is 0.221 e. The lowest BCUT2D eigenvalue weighted by Gasteiger charge is -2.09. The van der Waals surface area contributed by atoms with E-state index in [1.54, 1.807) is 12.1 Å². The van der Waals surface area contributed by atoms with Crippen molar-refractivity contribution in [3.05, 3.63) is 53.8 Å². The molecule has 0 saturated carbocycles. The highest BCUT2D eigenvalue weighted by Crippen LogP contribution is 2.26. The first-order chi connectivity index (χ1) is 9.47. The van der Waals surface area contributed by atoms with E-state index in [0.29, 0.717) is 0 Å². The van der Waals surface area contributed by atoms with Crippen LogP contribution in [0.2, 0.25) is 0 Å². The molecule has 0 fully saturated rings. The first kappa shape index (κ1) is 14.2. The van der Waals surface area contributed by atoms with E-state index in [1.807, 2.05) is 31.2 Å². The normalized spacial score (nSPS) is 12.0. The van der Waals surface area contributed by atoms with Crippen LogP contribution in [-0.4, -0.2) is 5.91 Å². The largest absolute Gasteiger partial charge is 0.324 e. The molecule has 0 unspecified atom stereocenters. The van der Waals surface area contributed by atoms with Crippen LogP contribution in [0.15, 0.2) is 42.5 Å². The Kier molecular flexibility index (Phi) is 4.15. The lowest BCUT2D eigenvalue weighted by molar-refractivity contribution is -0.114. The third-order valence-corrected chi connectivity index (χ3v) is 3.05. The molecule has 4 heteroatoms. The molecule has 1 amide bonds. The van der Waals surface area contributed by atoms with Crippen LogP contribution in [0.4, 0.5) is 10.1 Å². The summed E-state index contributed by atoms with van der Waals surface area (Å²) in [4.78, 5) is 11.0. The van der Waals surface area contributed by atoms with Gasteiger partial charge in [-0.05, 0) is 35.7 Å². The molecule has 0 aromatic heterocycles. The van der Waals surface area contributed by atoms with Crippen molar-refractivity contribution in [2.45, 2.75) is 19.9 Å². The van der Waals surface area contributed by atoms with Crippen LogP contribution in [-0.2, 0) is 4.79 Å². The Morgan fingerprint density at radius 1 is 1.15 bits per heavy atom. The third kappa shape index (κ3) is 3.22. The van der Waals surface area contributed by atoms with Gasteiger partial charge in [-0.1, -0.05) is 30.3 Å². The highest BCUT2D eigenvalue weighted by atomic mass is 19.1. The first-order valence-electron chi connectivity index (χ1n) is 6.40. The fourth-order valence-electron chi connectivity index (χ4n) is 1.97. The van der Waals surface area contributed by atoms with Crippen molar-refractivity contribution in [1.29, 1.82) is 0 Å². The Hall–Kier alpha value is -2.20. The van der Waals surface area contributed by atoms with Crippen LogP contribution in [0.5, 0.6) is 0 Å². The van der Waals surface area contributed by atoms with Crippen LogP contribution < -0.4 is 11.1 Å². The summed E-state index contributed by atoms with van der Waals surface area (Å²) < 4.78 is 13.6. The number of benzene rings is 2. The number of amides is 1. The number of carbonyl (C=O) groups excluding carboxylic acids is 1. The lowest BCUT2D eigenvalue weighted by Crippen LogP contribution is -2.07. The maximum atomic E-state index is 13.6. The van der Waals surface area contributed by atoms with Gasteiger partial charge in [-0.25, -0.2) is 4.39 Å². The number of carbonyl (C=O) groups is 1. The highest BCUT2D eigenvalue weighted by molar-refractivity contribution is 5.89. The molecule has 104 valence electrons.